The molecule has 0 spiro atoms. The minimum Gasteiger partial charge on any atom is -0.369 e. The summed E-state index contributed by atoms with van der Waals surface area (Å²) < 4.78 is 0. The average molecular weight is 235 g/mol. The lowest BCUT2D eigenvalue weighted by atomic mass is 9.90. The predicted octanol–water partition coefficient (Wildman–Crippen LogP) is 0.462. The lowest BCUT2D eigenvalue weighted by Crippen LogP contribution is -2.53. The van der Waals surface area contributed by atoms with Gasteiger partial charge in [-0.25, -0.2) is 0 Å². The van der Waals surface area contributed by atoms with E-state index in [4.69, 9.17) is 0 Å². The van der Waals surface area contributed by atoms with E-state index < -0.39 is 28.1 Å². The number of hydrogen-bond donors (Lipinski definition) is 1. The van der Waals surface area contributed by atoms with Gasteiger partial charge in [0.15, 0.2) is 0 Å². The van der Waals surface area contributed by atoms with E-state index in [0.717, 1.165) is 6.92 Å². The minimum atomic E-state index is -2.58. The van der Waals surface area contributed by atoms with Gasteiger partial charge < -0.3 is 5.11 Å². The first-order valence-corrected chi connectivity index (χ1v) is 4.95. The Morgan fingerprint density at radius 3 is 2.00 bits per heavy atom. The van der Waals surface area contributed by atoms with Crippen molar-refractivity contribution in [1.29, 1.82) is 0 Å². The molecular weight excluding hydrogens is 226 g/mol. The van der Waals surface area contributed by atoms with E-state index in [2.05, 4.69) is 0 Å². The molecule has 1 N–H and O–H groups in total. The number of nitrogens with zero attached hydrogens (tertiary/aromatic N) is 1. The van der Waals surface area contributed by atoms with Gasteiger partial charge in [-0.05, 0) is 0 Å². The lowest BCUT2D eigenvalue weighted by Gasteiger charge is -2.19. The number of ketones is 2. The molecule has 0 radical (unpaired) electrons. The minimum absolute atomic E-state index is 0.0358. The molecule has 0 amide bonds. The highest BCUT2D eigenvalue weighted by molar-refractivity contribution is 6.32. The number of nitro groups is 1. The molecule has 0 bridgehead atoms. The van der Waals surface area contributed by atoms with Gasteiger partial charge in [0.2, 0.25) is 11.6 Å². The Kier molecular flexibility index (Phi) is 2.32. The Balaban J connectivity index is 2.60. The highest BCUT2D eigenvalue weighted by Crippen LogP contribution is 2.33. The maximum atomic E-state index is 11.9. The van der Waals surface area contributed by atoms with E-state index in [1.54, 1.807) is 0 Å². The van der Waals surface area contributed by atoms with E-state index >= 15 is 0 Å². The summed E-state index contributed by atoms with van der Waals surface area (Å²) in [6.45, 7) is 1.04. The standard InChI is InChI=1S/C11H9NO5/c1-6(12(16)17)11(15)9(13)7-4-2-3-5-8(7)10(11)14/h2-6,15H,1H3/t6-/m1/s1. The summed E-state index contributed by atoms with van der Waals surface area (Å²) >= 11 is 0. The highest BCUT2D eigenvalue weighted by Gasteiger charge is 2.60. The summed E-state index contributed by atoms with van der Waals surface area (Å²) in [5.74, 6) is -1.80. The maximum absolute atomic E-state index is 11.9. The molecule has 0 heterocycles. The second kappa shape index (κ2) is 3.46. The van der Waals surface area contributed by atoms with E-state index in [0.29, 0.717) is 0 Å². The van der Waals surface area contributed by atoms with Crippen LogP contribution in [0.25, 0.3) is 0 Å². The first-order valence-electron chi connectivity index (χ1n) is 4.95. The molecule has 0 aliphatic heterocycles. The van der Waals surface area contributed by atoms with Crippen LogP contribution in [0, 0.1) is 10.1 Å². The summed E-state index contributed by atoms with van der Waals surface area (Å²) in [5, 5.41) is 20.7. The van der Waals surface area contributed by atoms with Crippen LogP contribution in [-0.2, 0) is 0 Å². The molecular formula is C11H9NO5. The van der Waals surface area contributed by atoms with E-state index in [1.165, 1.54) is 24.3 Å². The van der Waals surface area contributed by atoms with Crippen LogP contribution < -0.4 is 0 Å². The molecule has 1 aromatic rings. The van der Waals surface area contributed by atoms with Gasteiger partial charge in [0, 0.05) is 23.0 Å². The summed E-state index contributed by atoms with van der Waals surface area (Å²) in [7, 11) is 0. The third-order valence-corrected chi connectivity index (χ3v) is 3.03. The van der Waals surface area contributed by atoms with Crippen LogP contribution in [-0.4, -0.2) is 33.2 Å². The molecule has 0 aromatic heterocycles. The number of carbonyl (C=O) groups is 2. The summed E-state index contributed by atoms with van der Waals surface area (Å²) in [6, 6.07) is 4.15. The van der Waals surface area contributed by atoms with Gasteiger partial charge in [-0.15, -0.1) is 0 Å². The largest absolute Gasteiger partial charge is 0.369 e. The number of fused-ring (bicyclic) bond motifs is 1. The van der Waals surface area contributed by atoms with Gasteiger partial charge in [0.25, 0.3) is 11.6 Å². The van der Waals surface area contributed by atoms with Crippen LogP contribution in [0.3, 0.4) is 0 Å². The second-order valence-corrected chi connectivity index (χ2v) is 3.93. The van der Waals surface area contributed by atoms with Crippen molar-refractivity contribution in [3.05, 3.63) is 45.5 Å². The fourth-order valence-electron chi connectivity index (χ4n) is 1.92. The zero-order valence-electron chi connectivity index (χ0n) is 8.91. The normalized spacial score (nSPS) is 18.9. The first kappa shape index (κ1) is 11.4. The van der Waals surface area contributed by atoms with Gasteiger partial charge in [-0.2, -0.15) is 0 Å². The molecule has 1 aliphatic carbocycles. The monoisotopic (exact) mass is 235 g/mol. The predicted molar refractivity (Wildman–Crippen MR) is 56.5 cm³/mol. The van der Waals surface area contributed by atoms with Crippen molar-refractivity contribution in [1.82, 2.24) is 0 Å². The molecule has 6 heteroatoms. The number of carbonyl (C=O) groups excluding carboxylic acids is 2. The Morgan fingerprint density at radius 2 is 1.65 bits per heavy atom. The lowest BCUT2D eigenvalue weighted by molar-refractivity contribution is -0.531. The van der Waals surface area contributed by atoms with Crippen LogP contribution in [0.15, 0.2) is 24.3 Å². The van der Waals surface area contributed by atoms with E-state index in [-0.39, 0.29) is 11.1 Å². The number of hydrogen-bond acceptors (Lipinski definition) is 5. The van der Waals surface area contributed by atoms with Gasteiger partial charge in [-0.3, -0.25) is 19.7 Å². The highest BCUT2D eigenvalue weighted by atomic mass is 16.6. The molecule has 0 fully saturated rings. The Morgan fingerprint density at radius 1 is 1.24 bits per heavy atom. The number of Topliss-reactive ketones (excluding diaryl/α,β-unsaturated/α-hetero) is 2. The third kappa shape index (κ3) is 1.31. The average Bonchev–Trinajstić information content (AvgIpc) is 2.52. The Labute approximate surface area is 96.0 Å². The van der Waals surface area contributed by atoms with Crippen LogP contribution in [0.5, 0.6) is 0 Å². The van der Waals surface area contributed by atoms with Crippen molar-refractivity contribution in [2.75, 3.05) is 0 Å². The number of aliphatic hydroxyl groups is 1. The molecule has 88 valence electrons. The first-order chi connectivity index (χ1) is 7.90. The van der Waals surface area contributed by atoms with Gasteiger partial charge >= 0.3 is 0 Å². The molecule has 17 heavy (non-hydrogen) atoms. The van der Waals surface area contributed by atoms with Crippen LogP contribution in [0.4, 0.5) is 0 Å². The zero-order valence-corrected chi connectivity index (χ0v) is 8.91. The number of rotatable bonds is 2. The van der Waals surface area contributed by atoms with Gasteiger partial charge in [0.05, 0.1) is 0 Å². The van der Waals surface area contributed by atoms with Gasteiger partial charge in [0.1, 0.15) is 0 Å². The SMILES string of the molecule is C[C@@H]([N+](=O)[O-])C1(O)C(=O)c2ccccc2C1=O. The van der Waals surface area contributed by atoms with E-state index in [9.17, 15) is 24.8 Å². The van der Waals surface area contributed by atoms with Crippen molar-refractivity contribution in [2.24, 2.45) is 0 Å². The van der Waals surface area contributed by atoms with Crippen LogP contribution in [0.1, 0.15) is 27.6 Å². The van der Waals surface area contributed by atoms with Crippen molar-refractivity contribution in [3.8, 4) is 0 Å². The fraction of sp³-hybridized carbons (Fsp3) is 0.273. The van der Waals surface area contributed by atoms with Crippen molar-refractivity contribution >= 4 is 11.6 Å². The maximum Gasteiger partial charge on any atom is 0.258 e. The summed E-state index contributed by atoms with van der Waals surface area (Å²) in [6.07, 6.45) is 0. The Hall–Kier alpha value is -2.08. The molecule has 1 aliphatic rings. The molecule has 1 aromatic carbocycles. The molecule has 6 nitrogen and oxygen atoms in total. The van der Waals surface area contributed by atoms with Crippen molar-refractivity contribution in [2.45, 2.75) is 18.6 Å². The molecule has 0 saturated heterocycles. The second-order valence-electron chi connectivity index (χ2n) is 3.93. The van der Waals surface area contributed by atoms with Crippen molar-refractivity contribution in [3.63, 3.8) is 0 Å². The molecule has 2 rings (SSSR count). The topological polar surface area (TPSA) is 97.5 Å². The zero-order chi connectivity index (χ0) is 12.8. The smallest absolute Gasteiger partial charge is 0.258 e. The third-order valence-electron chi connectivity index (χ3n) is 3.03. The fourth-order valence-corrected chi connectivity index (χ4v) is 1.92. The van der Waals surface area contributed by atoms with Crippen LogP contribution >= 0.6 is 0 Å². The van der Waals surface area contributed by atoms with Gasteiger partial charge in [-0.1, -0.05) is 24.3 Å². The number of benzene rings is 1. The molecule has 1 atom stereocenters. The molecule has 0 saturated carbocycles. The van der Waals surface area contributed by atoms with Crippen LogP contribution in [0.2, 0.25) is 0 Å². The quantitative estimate of drug-likeness (QED) is 0.456. The summed E-state index contributed by atoms with van der Waals surface area (Å²) in [4.78, 5) is 33.6. The van der Waals surface area contributed by atoms with Crippen molar-refractivity contribution < 1.29 is 19.6 Å². The van der Waals surface area contributed by atoms with E-state index in [1.807, 2.05) is 0 Å². The molecule has 0 unspecified atom stereocenters. The Bertz CT molecular complexity index is 501. The summed E-state index contributed by atoms with van der Waals surface area (Å²) in [5.41, 5.74) is -2.50.